The predicted molar refractivity (Wildman–Crippen MR) is 127 cm³/mol. The molecule has 32 heavy (non-hydrogen) atoms. The number of hydrogen-bond donors (Lipinski definition) is 0. The van der Waals surface area contributed by atoms with Crippen LogP contribution in [0.1, 0.15) is 48.9 Å². The van der Waals surface area contributed by atoms with Gasteiger partial charge in [-0.05, 0) is 77.6 Å². The third-order valence-electron chi connectivity index (χ3n) is 6.78. The van der Waals surface area contributed by atoms with E-state index in [0.29, 0.717) is 18.1 Å². The zero-order chi connectivity index (χ0) is 22.3. The second kappa shape index (κ2) is 8.12. The Kier molecular flexibility index (Phi) is 5.28. The Hall–Kier alpha value is -3.07. The molecule has 0 radical (unpaired) electrons. The zero-order valence-corrected chi connectivity index (χ0v) is 19.1. The quantitative estimate of drug-likeness (QED) is 0.436. The summed E-state index contributed by atoms with van der Waals surface area (Å²) in [5.74, 6) is 2.45. The van der Waals surface area contributed by atoms with Gasteiger partial charge in [0.15, 0.2) is 11.5 Å². The minimum absolute atomic E-state index is 0.254. The molecule has 0 saturated heterocycles. The van der Waals surface area contributed by atoms with Gasteiger partial charge in [-0.15, -0.1) is 0 Å². The number of aryl methyl sites for hydroxylation is 1. The maximum atomic E-state index is 13.4. The summed E-state index contributed by atoms with van der Waals surface area (Å²) in [6.07, 6.45) is 3.35. The highest BCUT2D eigenvalue weighted by molar-refractivity contribution is 5.95. The molecule has 0 N–H and O–H groups in total. The van der Waals surface area contributed by atoms with Gasteiger partial charge in [-0.2, -0.15) is 0 Å². The molecular weight excluding hydrogens is 396 g/mol. The number of hydrogen-bond acceptors (Lipinski definition) is 3. The molecule has 164 valence electrons. The summed E-state index contributed by atoms with van der Waals surface area (Å²) in [6, 6.07) is 21.3. The van der Waals surface area contributed by atoms with Crippen LogP contribution in [0.5, 0.6) is 11.5 Å². The van der Waals surface area contributed by atoms with Crippen molar-refractivity contribution in [1.29, 1.82) is 0 Å². The minimum atomic E-state index is -0.371. The van der Waals surface area contributed by atoms with Crippen LogP contribution in [-0.2, 0) is 23.1 Å². The molecule has 1 aliphatic heterocycles. The standard InChI is InChI=1S/C29H30O3/c1-19(2)14-21-6-8-23(9-7-21)25-15-22(5-4-20(25)3)16-28(30)29(12-13-29)24-10-11-26-27(17-24)32-18-31-26/h4-11,15,17,19H,12-14,16,18H2,1-3H3. The molecule has 3 aromatic rings. The highest BCUT2D eigenvalue weighted by Gasteiger charge is 2.50. The van der Waals surface area contributed by atoms with Gasteiger partial charge in [-0.3, -0.25) is 4.79 Å². The molecule has 1 saturated carbocycles. The molecule has 0 aromatic heterocycles. The Labute approximate surface area is 190 Å². The van der Waals surface area contributed by atoms with Gasteiger partial charge in [-0.25, -0.2) is 0 Å². The number of benzene rings is 3. The fourth-order valence-electron chi connectivity index (χ4n) is 4.78. The maximum absolute atomic E-state index is 13.4. The van der Waals surface area contributed by atoms with Crippen LogP contribution in [-0.4, -0.2) is 12.6 Å². The van der Waals surface area contributed by atoms with E-state index in [4.69, 9.17) is 9.47 Å². The Morgan fingerprint density at radius 3 is 2.34 bits per heavy atom. The van der Waals surface area contributed by atoms with Gasteiger partial charge >= 0.3 is 0 Å². The fourth-order valence-corrected chi connectivity index (χ4v) is 4.78. The Morgan fingerprint density at radius 2 is 1.62 bits per heavy atom. The molecule has 0 bridgehead atoms. The molecule has 0 spiro atoms. The predicted octanol–water partition coefficient (Wildman–Crippen LogP) is 6.43. The van der Waals surface area contributed by atoms with Gasteiger partial charge < -0.3 is 9.47 Å². The number of carbonyl (C=O) groups is 1. The van der Waals surface area contributed by atoms with E-state index in [1.807, 2.05) is 18.2 Å². The summed E-state index contributed by atoms with van der Waals surface area (Å²) in [4.78, 5) is 13.4. The van der Waals surface area contributed by atoms with Crippen molar-refractivity contribution in [1.82, 2.24) is 0 Å². The van der Waals surface area contributed by atoms with E-state index >= 15 is 0 Å². The van der Waals surface area contributed by atoms with Gasteiger partial charge in [0.25, 0.3) is 0 Å². The van der Waals surface area contributed by atoms with Gasteiger partial charge in [-0.1, -0.05) is 62.4 Å². The van der Waals surface area contributed by atoms with Crippen LogP contribution >= 0.6 is 0 Å². The van der Waals surface area contributed by atoms with Gasteiger partial charge in [0.05, 0.1) is 5.41 Å². The molecular formula is C29H30O3. The van der Waals surface area contributed by atoms with Crippen LogP contribution < -0.4 is 9.47 Å². The largest absolute Gasteiger partial charge is 0.454 e. The third-order valence-corrected chi connectivity index (χ3v) is 6.78. The lowest BCUT2D eigenvalue weighted by Gasteiger charge is -2.16. The van der Waals surface area contributed by atoms with E-state index in [1.54, 1.807) is 0 Å². The lowest BCUT2D eigenvalue weighted by molar-refractivity contribution is -0.120. The number of Topliss-reactive ketones (excluding diaryl/α,β-unsaturated/α-hetero) is 1. The maximum Gasteiger partial charge on any atom is 0.231 e. The SMILES string of the molecule is Cc1ccc(CC(=O)C2(c3ccc4c(c3)OCO4)CC2)cc1-c1ccc(CC(C)C)cc1. The van der Waals surface area contributed by atoms with Crippen LogP contribution in [0.4, 0.5) is 0 Å². The highest BCUT2D eigenvalue weighted by Crippen LogP contribution is 2.51. The monoisotopic (exact) mass is 426 g/mol. The van der Waals surface area contributed by atoms with Gasteiger partial charge in [0, 0.05) is 6.42 Å². The molecule has 1 heterocycles. The van der Waals surface area contributed by atoms with E-state index in [1.165, 1.54) is 22.3 Å². The van der Waals surface area contributed by atoms with Crippen LogP contribution in [0, 0.1) is 12.8 Å². The van der Waals surface area contributed by atoms with E-state index in [2.05, 4.69) is 63.2 Å². The van der Waals surface area contributed by atoms with Crippen LogP contribution in [0.25, 0.3) is 11.1 Å². The van der Waals surface area contributed by atoms with Crippen LogP contribution in [0.2, 0.25) is 0 Å². The van der Waals surface area contributed by atoms with Crippen molar-refractivity contribution in [2.75, 3.05) is 6.79 Å². The molecule has 0 amide bonds. The van der Waals surface area contributed by atoms with Gasteiger partial charge in [0.2, 0.25) is 6.79 Å². The van der Waals surface area contributed by atoms with Crippen molar-refractivity contribution in [3.63, 3.8) is 0 Å². The average molecular weight is 427 g/mol. The Morgan fingerprint density at radius 1 is 0.906 bits per heavy atom. The first-order valence-electron chi connectivity index (χ1n) is 11.6. The van der Waals surface area contributed by atoms with Crippen LogP contribution in [0.15, 0.2) is 60.7 Å². The van der Waals surface area contributed by atoms with E-state index in [-0.39, 0.29) is 12.2 Å². The molecule has 1 fully saturated rings. The summed E-state index contributed by atoms with van der Waals surface area (Å²) in [6.45, 7) is 6.88. The van der Waals surface area contributed by atoms with E-state index < -0.39 is 0 Å². The number of fused-ring (bicyclic) bond motifs is 1. The second-order valence-corrected chi connectivity index (χ2v) is 9.69. The molecule has 3 aromatic carbocycles. The summed E-state index contributed by atoms with van der Waals surface area (Å²) in [7, 11) is 0. The number of carbonyl (C=O) groups excluding carboxylic acids is 1. The summed E-state index contributed by atoms with van der Waals surface area (Å²) in [5.41, 5.74) is 6.78. The smallest absolute Gasteiger partial charge is 0.231 e. The lowest BCUT2D eigenvalue weighted by atomic mass is 9.86. The van der Waals surface area contributed by atoms with Crippen molar-refractivity contribution < 1.29 is 14.3 Å². The second-order valence-electron chi connectivity index (χ2n) is 9.69. The van der Waals surface area contributed by atoms with E-state index in [0.717, 1.165) is 41.9 Å². The van der Waals surface area contributed by atoms with E-state index in [9.17, 15) is 4.79 Å². The lowest BCUT2D eigenvalue weighted by Crippen LogP contribution is -2.22. The van der Waals surface area contributed by atoms with Crippen LogP contribution in [0.3, 0.4) is 0 Å². The van der Waals surface area contributed by atoms with Crippen molar-refractivity contribution in [3.8, 4) is 22.6 Å². The first-order valence-corrected chi connectivity index (χ1v) is 11.6. The molecule has 1 aliphatic carbocycles. The molecule has 5 rings (SSSR count). The topological polar surface area (TPSA) is 35.5 Å². The third kappa shape index (κ3) is 3.92. The van der Waals surface area contributed by atoms with Crippen molar-refractivity contribution in [2.45, 2.75) is 51.9 Å². The number of ether oxygens (including phenoxy) is 2. The van der Waals surface area contributed by atoms with Crippen molar-refractivity contribution >= 4 is 5.78 Å². The first kappa shape index (κ1) is 20.8. The molecule has 2 aliphatic rings. The summed E-state index contributed by atoms with van der Waals surface area (Å²) < 4.78 is 11.0. The molecule has 0 unspecified atom stereocenters. The summed E-state index contributed by atoms with van der Waals surface area (Å²) in [5, 5.41) is 0. The first-order chi connectivity index (χ1) is 15.4. The Balaban J connectivity index is 1.36. The molecule has 3 nitrogen and oxygen atoms in total. The minimum Gasteiger partial charge on any atom is -0.454 e. The number of rotatable bonds is 7. The normalized spacial score (nSPS) is 15.8. The Bertz CT molecular complexity index is 1150. The summed E-state index contributed by atoms with van der Waals surface area (Å²) >= 11 is 0. The zero-order valence-electron chi connectivity index (χ0n) is 19.1. The van der Waals surface area contributed by atoms with Crippen molar-refractivity contribution in [3.05, 3.63) is 82.9 Å². The van der Waals surface area contributed by atoms with Crippen molar-refractivity contribution in [2.24, 2.45) is 5.92 Å². The number of ketones is 1. The average Bonchev–Trinajstić information content (AvgIpc) is 3.46. The fraction of sp³-hybridized carbons (Fsp3) is 0.345. The molecule has 0 atom stereocenters. The highest BCUT2D eigenvalue weighted by atomic mass is 16.7. The van der Waals surface area contributed by atoms with Gasteiger partial charge in [0.1, 0.15) is 5.78 Å². The molecule has 3 heteroatoms.